The number of hydrogen-bond donors (Lipinski definition) is 2. The van der Waals surface area contributed by atoms with Crippen molar-refractivity contribution in [3.8, 4) is 11.5 Å². The van der Waals surface area contributed by atoms with Crippen molar-refractivity contribution in [1.82, 2.24) is 0 Å². The summed E-state index contributed by atoms with van der Waals surface area (Å²) < 4.78 is 37.8. The number of halogens is 2. The van der Waals surface area contributed by atoms with E-state index in [4.69, 9.17) is 9.47 Å². The van der Waals surface area contributed by atoms with Crippen molar-refractivity contribution >= 4 is 23.0 Å². The first kappa shape index (κ1) is 19.2. The number of para-hydroxylation sites is 1. The number of carbonyl (C=O) groups is 1. The lowest BCUT2D eigenvalue weighted by Crippen LogP contribution is -2.12. The molecule has 2 N–H and O–H groups in total. The summed E-state index contributed by atoms with van der Waals surface area (Å²) in [4.78, 5) is 12.5. The third-order valence-corrected chi connectivity index (χ3v) is 3.99. The third-order valence-electron chi connectivity index (χ3n) is 3.99. The summed E-state index contributed by atoms with van der Waals surface area (Å²) in [6.45, 7) is 0. The molecule has 0 aliphatic heterocycles. The van der Waals surface area contributed by atoms with Gasteiger partial charge in [-0.15, -0.1) is 0 Å². The van der Waals surface area contributed by atoms with E-state index in [0.717, 1.165) is 0 Å². The first-order valence-corrected chi connectivity index (χ1v) is 8.35. The molecule has 0 aliphatic carbocycles. The number of hydrogen-bond acceptors (Lipinski definition) is 4. The summed E-state index contributed by atoms with van der Waals surface area (Å²) >= 11 is 0. The maximum absolute atomic E-state index is 13.7. The molecule has 0 unspecified atom stereocenters. The molecule has 3 aromatic carbocycles. The smallest absolute Gasteiger partial charge is 0.255 e. The fraction of sp³-hybridized carbons (Fsp3) is 0.0952. The Labute approximate surface area is 160 Å². The predicted molar refractivity (Wildman–Crippen MR) is 104 cm³/mol. The van der Waals surface area contributed by atoms with Gasteiger partial charge < -0.3 is 20.1 Å². The molecule has 0 atom stereocenters. The fourth-order valence-corrected chi connectivity index (χ4v) is 2.54. The van der Waals surface area contributed by atoms with Crippen LogP contribution in [0.5, 0.6) is 11.5 Å². The van der Waals surface area contributed by atoms with E-state index in [1.165, 1.54) is 32.4 Å². The van der Waals surface area contributed by atoms with Crippen molar-refractivity contribution in [1.29, 1.82) is 0 Å². The summed E-state index contributed by atoms with van der Waals surface area (Å²) in [6, 6.07) is 14.9. The van der Waals surface area contributed by atoms with Crippen molar-refractivity contribution in [3.05, 3.63) is 77.9 Å². The number of ether oxygens (including phenoxy) is 2. The normalized spacial score (nSPS) is 10.3. The van der Waals surface area contributed by atoms with Crippen LogP contribution in [0, 0.1) is 11.6 Å². The highest BCUT2D eigenvalue weighted by molar-refractivity contribution is 6.04. The summed E-state index contributed by atoms with van der Waals surface area (Å²) in [6.07, 6.45) is 0. The maximum atomic E-state index is 13.7. The zero-order valence-electron chi connectivity index (χ0n) is 15.3. The summed E-state index contributed by atoms with van der Waals surface area (Å²) in [7, 11) is 3.00. The van der Waals surface area contributed by atoms with Crippen LogP contribution in [0.4, 0.5) is 25.8 Å². The zero-order valence-corrected chi connectivity index (χ0v) is 15.3. The highest BCUT2D eigenvalue weighted by Gasteiger charge is 2.11. The Balaban J connectivity index is 1.73. The Kier molecular flexibility index (Phi) is 5.74. The number of methoxy groups -OCH3 is 2. The number of rotatable bonds is 6. The van der Waals surface area contributed by atoms with Gasteiger partial charge in [0.1, 0.15) is 28.8 Å². The molecule has 28 heavy (non-hydrogen) atoms. The van der Waals surface area contributed by atoms with Crippen molar-refractivity contribution in [3.63, 3.8) is 0 Å². The SMILES string of the molecule is COc1cc(OC)cc(C(=O)Nc2ccc(Nc3c(F)cccc3F)cc2)c1. The van der Waals surface area contributed by atoms with E-state index in [1.807, 2.05) is 0 Å². The van der Waals surface area contributed by atoms with E-state index in [9.17, 15) is 13.6 Å². The molecule has 0 aliphatic rings. The predicted octanol–water partition coefficient (Wildman–Crippen LogP) is 4.98. The number of amides is 1. The molecule has 7 heteroatoms. The Morgan fingerprint density at radius 3 is 1.89 bits per heavy atom. The number of carbonyl (C=O) groups excluding carboxylic acids is 1. The summed E-state index contributed by atoms with van der Waals surface area (Å²) in [5.74, 6) is -0.737. The summed E-state index contributed by atoms with van der Waals surface area (Å²) in [5, 5.41) is 5.44. The minimum Gasteiger partial charge on any atom is -0.497 e. The van der Waals surface area contributed by atoms with Gasteiger partial charge in [-0.1, -0.05) is 6.07 Å². The van der Waals surface area contributed by atoms with Gasteiger partial charge in [-0.2, -0.15) is 0 Å². The average Bonchev–Trinajstić information content (AvgIpc) is 2.71. The van der Waals surface area contributed by atoms with E-state index in [2.05, 4.69) is 10.6 Å². The third kappa shape index (κ3) is 4.37. The Bertz CT molecular complexity index is 949. The largest absolute Gasteiger partial charge is 0.497 e. The number of benzene rings is 3. The molecule has 0 heterocycles. The maximum Gasteiger partial charge on any atom is 0.255 e. The zero-order chi connectivity index (χ0) is 20.1. The molecule has 0 saturated heterocycles. The van der Waals surface area contributed by atoms with E-state index in [0.29, 0.717) is 28.4 Å². The van der Waals surface area contributed by atoms with Crippen molar-refractivity contribution in [2.24, 2.45) is 0 Å². The molecule has 0 radical (unpaired) electrons. The molecule has 5 nitrogen and oxygen atoms in total. The van der Waals surface area contributed by atoms with Crippen LogP contribution in [-0.2, 0) is 0 Å². The Hall–Kier alpha value is -3.61. The van der Waals surface area contributed by atoms with Gasteiger partial charge in [-0.25, -0.2) is 8.78 Å². The first-order chi connectivity index (χ1) is 13.5. The molecule has 0 saturated carbocycles. The van der Waals surface area contributed by atoms with Crippen LogP contribution in [0.3, 0.4) is 0 Å². The van der Waals surface area contributed by atoms with Gasteiger partial charge in [0, 0.05) is 23.0 Å². The molecule has 3 rings (SSSR count). The fourth-order valence-electron chi connectivity index (χ4n) is 2.54. The highest BCUT2D eigenvalue weighted by atomic mass is 19.1. The number of nitrogens with one attached hydrogen (secondary N) is 2. The van der Waals surface area contributed by atoms with Gasteiger partial charge in [0.2, 0.25) is 0 Å². The van der Waals surface area contributed by atoms with Gasteiger partial charge >= 0.3 is 0 Å². The molecule has 0 aromatic heterocycles. The second-order valence-electron chi connectivity index (χ2n) is 5.85. The monoisotopic (exact) mass is 384 g/mol. The second-order valence-corrected chi connectivity index (χ2v) is 5.85. The van der Waals surface area contributed by atoms with Gasteiger partial charge in [0.05, 0.1) is 14.2 Å². The van der Waals surface area contributed by atoms with Crippen molar-refractivity contribution < 1.29 is 23.0 Å². The van der Waals surface area contributed by atoms with E-state index in [-0.39, 0.29) is 11.6 Å². The lowest BCUT2D eigenvalue weighted by atomic mass is 10.1. The second kappa shape index (κ2) is 8.39. The van der Waals surface area contributed by atoms with Crippen LogP contribution in [0.15, 0.2) is 60.7 Å². The molecular weight excluding hydrogens is 366 g/mol. The van der Waals surface area contributed by atoms with E-state index < -0.39 is 11.6 Å². The lowest BCUT2D eigenvalue weighted by molar-refractivity contribution is 0.102. The lowest BCUT2D eigenvalue weighted by Gasteiger charge is -2.11. The van der Waals surface area contributed by atoms with E-state index >= 15 is 0 Å². The van der Waals surface area contributed by atoms with Gasteiger partial charge in [0.15, 0.2) is 0 Å². The van der Waals surface area contributed by atoms with E-state index in [1.54, 1.807) is 42.5 Å². The number of anilines is 3. The Morgan fingerprint density at radius 2 is 1.36 bits per heavy atom. The average molecular weight is 384 g/mol. The van der Waals surface area contributed by atoms with Crippen LogP contribution < -0.4 is 20.1 Å². The molecule has 0 bridgehead atoms. The topological polar surface area (TPSA) is 59.6 Å². The van der Waals surface area contributed by atoms with Gasteiger partial charge in [-0.05, 0) is 48.5 Å². The molecule has 0 spiro atoms. The van der Waals surface area contributed by atoms with Crippen LogP contribution in [0.2, 0.25) is 0 Å². The van der Waals surface area contributed by atoms with Crippen LogP contribution in [0.1, 0.15) is 10.4 Å². The van der Waals surface area contributed by atoms with Crippen molar-refractivity contribution in [2.45, 2.75) is 0 Å². The molecule has 144 valence electrons. The quantitative estimate of drug-likeness (QED) is 0.629. The molecular formula is C21H18F2N2O3. The molecule has 3 aromatic rings. The minimum atomic E-state index is -0.690. The molecule has 0 fully saturated rings. The molecule has 1 amide bonds. The highest BCUT2D eigenvalue weighted by Crippen LogP contribution is 2.25. The van der Waals surface area contributed by atoms with Crippen LogP contribution in [0.25, 0.3) is 0 Å². The standard InChI is InChI=1S/C21H18F2N2O3/c1-27-16-10-13(11-17(12-16)28-2)21(26)25-15-8-6-14(7-9-15)24-20-18(22)4-3-5-19(20)23/h3-12,24H,1-2H3,(H,25,26). The minimum absolute atomic E-state index is 0.234. The van der Waals surface area contributed by atoms with Crippen LogP contribution >= 0.6 is 0 Å². The van der Waals surface area contributed by atoms with Crippen LogP contribution in [-0.4, -0.2) is 20.1 Å². The first-order valence-electron chi connectivity index (χ1n) is 8.35. The van der Waals surface area contributed by atoms with Crippen molar-refractivity contribution in [2.75, 3.05) is 24.9 Å². The Morgan fingerprint density at radius 1 is 0.821 bits per heavy atom. The van der Waals surface area contributed by atoms with Gasteiger partial charge in [-0.3, -0.25) is 4.79 Å². The summed E-state index contributed by atoms with van der Waals surface area (Å²) in [5.41, 5.74) is 1.13. The van der Waals surface area contributed by atoms with Gasteiger partial charge in [0.25, 0.3) is 5.91 Å².